The van der Waals surface area contributed by atoms with E-state index in [1.165, 1.54) is 39.0 Å². The Labute approximate surface area is 109 Å². The van der Waals surface area contributed by atoms with Gasteiger partial charge in [-0.1, -0.05) is 20.8 Å². The summed E-state index contributed by atoms with van der Waals surface area (Å²) in [5, 5.41) is 3.53. The first-order valence-corrected chi connectivity index (χ1v) is 7.14. The molecule has 0 aliphatic heterocycles. The maximum absolute atomic E-state index is 3.53. The molecule has 0 aromatic heterocycles. The van der Waals surface area contributed by atoms with Gasteiger partial charge >= 0.3 is 0 Å². The Hall–Kier alpha value is -0.120. The average Bonchev–Trinajstić information content (AvgIpc) is 2.25. The molecule has 0 rings (SSSR count). The second-order valence-corrected chi connectivity index (χ2v) is 5.52. The second kappa shape index (κ2) is 11.0. The number of nitrogens with one attached hydrogen (secondary N) is 1. The third-order valence-electron chi connectivity index (χ3n) is 3.03. The minimum Gasteiger partial charge on any atom is -0.315 e. The molecule has 0 aromatic carbocycles. The van der Waals surface area contributed by atoms with Gasteiger partial charge in [0.15, 0.2) is 0 Å². The third-order valence-corrected chi connectivity index (χ3v) is 3.03. The summed E-state index contributed by atoms with van der Waals surface area (Å²) in [5.41, 5.74) is 0. The first-order chi connectivity index (χ1) is 8.06. The largest absolute Gasteiger partial charge is 0.315 e. The zero-order chi connectivity index (χ0) is 13.1. The van der Waals surface area contributed by atoms with E-state index in [-0.39, 0.29) is 0 Å². The molecule has 0 heterocycles. The van der Waals surface area contributed by atoms with E-state index in [2.05, 4.69) is 50.0 Å². The maximum atomic E-state index is 3.53. The molecule has 0 aliphatic rings. The van der Waals surface area contributed by atoms with Gasteiger partial charge in [0.1, 0.15) is 0 Å². The van der Waals surface area contributed by atoms with Crippen LogP contribution in [0, 0.1) is 5.92 Å². The van der Waals surface area contributed by atoms with E-state index in [0.29, 0.717) is 0 Å². The van der Waals surface area contributed by atoms with Gasteiger partial charge in [0.25, 0.3) is 0 Å². The SMILES string of the molecule is CCN(CCCN(C)C)CCNCCC(C)C. The molecule has 0 unspecified atom stereocenters. The Morgan fingerprint density at radius 1 is 1.00 bits per heavy atom. The highest BCUT2D eigenvalue weighted by Gasteiger charge is 2.02. The van der Waals surface area contributed by atoms with Crippen molar-refractivity contribution >= 4 is 0 Å². The molecule has 0 saturated carbocycles. The van der Waals surface area contributed by atoms with E-state index < -0.39 is 0 Å². The van der Waals surface area contributed by atoms with Crippen LogP contribution >= 0.6 is 0 Å². The van der Waals surface area contributed by atoms with Crippen LogP contribution in [0.1, 0.15) is 33.6 Å². The lowest BCUT2D eigenvalue weighted by Gasteiger charge is -2.21. The van der Waals surface area contributed by atoms with E-state index in [0.717, 1.165) is 19.0 Å². The van der Waals surface area contributed by atoms with Crippen LogP contribution in [-0.2, 0) is 0 Å². The number of hydrogen-bond donors (Lipinski definition) is 1. The lowest BCUT2D eigenvalue weighted by Crippen LogP contribution is -2.34. The molecule has 0 bridgehead atoms. The Kier molecular flexibility index (Phi) is 10.9. The monoisotopic (exact) mass is 243 g/mol. The standard InChI is InChI=1S/C14H33N3/c1-6-17(12-7-11-16(4)5)13-10-15-9-8-14(2)3/h14-15H,6-13H2,1-5H3. The predicted molar refractivity (Wildman–Crippen MR) is 77.6 cm³/mol. The summed E-state index contributed by atoms with van der Waals surface area (Å²) in [5.74, 6) is 0.810. The van der Waals surface area contributed by atoms with E-state index in [1.807, 2.05) is 0 Å². The maximum Gasteiger partial charge on any atom is 0.0107 e. The van der Waals surface area contributed by atoms with Gasteiger partial charge in [-0.3, -0.25) is 0 Å². The molecule has 3 heteroatoms. The van der Waals surface area contributed by atoms with Gasteiger partial charge in [0.2, 0.25) is 0 Å². The molecular weight excluding hydrogens is 210 g/mol. The molecule has 3 nitrogen and oxygen atoms in total. The van der Waals surface area contributed by atoms with E-state index >= 15 is 0 Å². The average molecular weight is 243 g/mol. The fourth-order valence-corrected chi connectivity index (χ4v) is 1.79. The fourth-order valence-electron chi connectivity index (χ4n) is 1.79. The van der Waals surface area contributed by atoms with Crippen LogP contribution in [0.2, 0.25) is 0 Å². The van der Waals surface area contributed by atoms with E-state index in [4.69, 9.17) is 0 Å². The summed E-state index contributed by atoms with van der Waals surface area (Å²) < 4.78 is 0. The Morgan fingerprint density at radius 2 is 1.71 bits per heavy atom. The third kappa shape index (κ3) is 12.1. The van der Waals surface area contributed by atoms with Gasteiger partial charge < -0.3 is 15.1 Å². The molecule has 0 radical (unpaired) electrons. The van der Waals surface area contributed by atoms with Gasteiger partial charge in [-0.25, -0.2) is 0 Å². The molecule has 1 N–H and O–H groups in total. The highest BCUT2D eigenvalue weighted by atomic mass is 15.1. The molecular formula is C14H33N3. The molecule has 0 aromatic rings. The Balaban J connectivity index is 3.41. The van der Waals surface area contributed by atoms with Gasteiger partial charge in [0, 0.05) is 13.1 Å². The lowest BCUT2D eigenvalue weighted by molar-refractivity contribution is 0.265. The highest BCUT2D eigenvalue weighted by Crippen LogP contribution is 1.96. The van der Waals surface area contributed by atoms with Crippen LogP contribution in [-0.4, -0.2) is 63.2 Å². The van der Waals surface area contributed by atoms with Crippen molar-refractivity contribution in [1.82, 2.24) is 15.1 Å². The summed E-state index contributed by atoms with van der Waals surface area (Å²) in [6, 6.07) is 0. The number of likely N-dealkylation sites (N-methyl/N-ethyl adjacent to an activating group) is 1. The van der Waals surface area contributed by atoms with Crippen molar-refractivity contribution in [3.63, 3.8) is 0 Å². The molecule has 104 valence electrons. The smallest absolute Gasteiger partial charge is 0.0107 e. The first-order valence-electron chi connectivity index (χ1n) is 7.14. The summed E-state index contributed by atoms with van der Waals surface area (Å²) in [4.78, 5) is 4.79. The van der Waals surface area contributed by atoms with Crippen molar-refractivity contribution in [2.75, 3.05) is 53.4 Å². The quantitative estimate of drug-likeness (QED) is 0.559. The zero-order valence-corrected chi connectivity index (χ0v) is 12.6. The fraction of sp³-hybridized carbons (Fsp3) is 1.00. The van der Waals surface area contributed by atoms with Gasteiger partial charge in [-0.2, -0.15) is 0 Å². The zero-order valence-electron chi connectivity index (χ0n) is 12.6. The molecule has 17 heavy (non-hydrogen) atoms. The normalized spacial score (nSPS) is 12.0. The summed E-state index contributed by atoms with van der Waals surface area (Å²) >= 11 is 0. The topological polar surface area (TPSA) is 18.5 Å². The lowest BCUT2D eigenvalue weighted by atomic mass is 10.1. The first kappa shape index (κ1) is 16.9. The molecule has 0 spiro atoms. The van der Waals surface area contributed by atoms with Crippen molar-refractivity contribution in [1.29, 1.82) is 0 Å². The summed E-state index contributed by atoms with van der Waals surface area (Å²) in [6.45, 7) is 13.9. The summed E-state index contributed by atoms with van der Waals surface area (Å²) in [7, 11) is 4.29. The van der Waals surface area contributed by atoms with Crippen molar-refractivity contribution < 1.29 is 0 Å². The molecule has 0 aliphatic carbocycles. The molecule has 0 saturated heterocycles. The van der Waals surface area contributed by atoms with Crippen molar-refractivity contribution in [2.45, 2.75) is 33.6 Å². The van der Waals surface area contributed by atoms with Crippen LogP contribution in [0.5, 0.6) is 0 Å². The van der Waals surface area contributed by atoms with Gasteiger partial charge in [-0.05, 0) is 59.0 Å². The van der Waals surface area contributed by atoms with Crippen LogP contribution < -0.4 is 5.32 Å². The van der Waals surface area contributed by atoms with Gasteiger partial charge in [-0.15, -0.1) is 0 Å². The van der Waals surface area contributed by atoms with Crippen molar-refractivity contribution in [2.24, 2.45) is 5.92 Å². The van der Waals surface area contributed by atoms with Crippen molar-refractivity contribution in [3.05, 3.63) is 0 Å². The minimum atomic E-state index is 0.810. The van der Waals surface area contributed by atoms with Crippen LogP contribution in [0.3, 0.4) is 0 Å². The van der Waals surface area contributed by atoms with Crippen molar-refractivity contribution in [3.8, 4) is 0 Å². The minimum absolute atomic E-state index is 0.810. The number of nitrogens with zero attached hydrogens (tertiary/aromatic N) is 2. The van der Waals surface area contributed by atoms with Crippen LogP contribution in [0.4, 0.5) is 0 Å². The second-order valence-electron chi connectivity index (χ2n) is 5.52. The Morgan fingerprint density at radius 3 is 2.24 bits per heavy atom. The van der Waals surface area contributed by atoms with E-state index in [1.54, 1.807) is 0 Å². The van der Waals surface area contributed by atoms with Crippen LogP contribution in [0.25, 0.3) is 0 Å². The highest BCUT2D eigenvalue weighted by molar-refractivity contribution is 4.60. The van der Waals surface area contributed by atoms with Gasteiger partial charge in [0.05, 0.1) is 0 Å². The molecule has 0 amide bonds. The molecule has 0 fully saturated rings. The van der Waals surface area contributed by atoms with E-state index in [9.17, 15) is 0 Å². The predicted octanol–water partition coefficient (Wildman–Crippen LogP) is 1.90. The Bertz CT molecular complexity index is 158. The number of rotatable bonds is 11. The number of hydrogen-bond acceptors (Lipinski definition) is 3. The molecule has 0 atom stereocenters. The van der Waals surface area contributed by atoms with Crippen LogP contribution in [0.15, 0.2) is 0 Å². The summed E-state index contributed by atoms with van der Waals surface area (Å²) in [6.07, 6.45) is 2.56.